The summed E-state index contributed by atoms with van der Waals surface area (Å²) in [5, 5.41) is 5.74. The van der Waals surface area contributed by atoms with E-state index in [2.05, 4.69) is 15.4 Å². The van der Waals surface area contributed by atoms with Crippen LogP contribution in [0.15, 0.2) is 78.9 Å². The molecule has 0 bridgehead atoms. The summed E-state index contributed by atoms with van der Waals surface area (Å²) in [4.78, 5) is 23.9. The zero-order valence-corrected chi connectivity index (χ0v) is 17.1. The number of ether oxygens (including phenoxy) is 2. The third-order valence-corrected chi connectivity index (χ3v) is 4.37. The van der Waals surface area contributed by atoms with Crippen LogP contribution in [0.5, 0.6) is 5.75 Å². The van der Waals surface area contributed by atoms with Crippen molar-refractivity contribution in [2.75, 3.05) is 12.4 Å². The Hall–Kier alpha value is -3.71. The fourth-order valence-electron chi connectivity index (χ4n) is 2.64. The van der Waals surface area contributed by atoms with Gasteiger partial charge in [-0.2, -0.15) is 0 Å². The standard InChI is InChI=1S/C23H20N2O4S/c1-28-22(27)18-13-11-17(12-14-18)21(26)25-23(30)24-19-9-5-6-10-20(19)29-15-16-7-3-2-4-8-16/h2-14H,15H2,1H3,(H2,24,25,26,30). The van der Waals surface area contributed by atoms with E-state index in [1.807, 2.05) is 54.6 Å². The number of carbonyl (C=O) groups is 2. The maximum Gasteiger partial charge on any atom is 0.337 e. The largest absolute Gasteiger partial charge is 0.487 e. The molecule has 0 atom stereocenters. The Bertz CT molecular complexity index is 1040. The number of amides is 1. The molecule has 2 N–H and O–H groups in total. The van der Waals surface area contributed by atoms with Crippen molar-refractivity contribution in [2.24, 2.45) is 0 Å². The highest BCUT2D eigenvalue weighted by Gasteiger charge is 2.12. The van der Waals surface area contributed by atoms with Crippen LogP contribution in [0.1, 0.15) is 26.3 Å². The van der Waals surface area contributed by atoms with Gasteiger partial charge < -0.3 is 14.8 Å². The molecule has 3 aromatic carbocycles. The van der Waals surface area contributed by atoms with Gasteiger partial charge in [0.15, 0.2) is 5.11 Å². The highest BCUT2D eigenvalue weighted by Crippen LogP contribution is 2.24. The number of rotatable bonds is 6. The highest BCUT2D eigenvalue weighted by atomic mass is 32.1. The summed E-state index contributed by atoms with van der Waals surface area (Å²) < 4.78 is 10.5. The van der Waals surface area contributed by atoms with Crippen LogP contribution in [0.2, 0.25) is 0 Å². The van der Waals surface area contributed by atoms with Gasteiger partial charge in [0.05, 0.1) is 18.4 Å². The Kier molecular flexibility index (Phi) is 7.13. The van der Waals surface area contributed by atoms with Gasteiger partial charge in [-0.25, -0.2) is 4.79 Å². The average Bonchev–Trinajstić information content (AvgIpc) is 2.78. The van der Waals surface area contributed by atoms with E-state index in [0.717, 1.165) is 5.56 Å². The molecule has 0 aliphatic heterocycles. The molecule has 1 amide bonds. The Balaban J connectivity index is 1.60. The van der Waals surface area contributed by atoms with E-state index in [9.17, 15) is 9.59 Å². The molecule has 0 unspecified atom stereocenters. The maximum atomic E-state index is 12.4. The van der Waals surface area contributed by atoms with Crippen molar-refractivity contribution in [1.29, 1.82) is 0 Å². The van der Waals surface area contributed by atoms with E-state index in [1.165, 1.54) is 31.4 Å². The minimum absolute atomic E-state index is 0.132. The molecule has 30 heavy (non-hydrogen) atoms. The van der Waals surface area contributed by atoms with Gasteiger partial charge in [0.2, 0.25) is 0 Å². The smallest absolute Gasteiger partial charge is 0.337 e. The second-order valence-corrected chi connectivity index (χ2v) is 6.66. The molecular formula is C23H20N2O4S. The lowest BCUT2D eigenvalue weighted by molar-refractivity contribution is 0.0600. The Morgan fingerprint density at radius 1 is 0.867 bits per heavy atom. The van der Waals surface area contributed by atoms with Gasteiger partial charge in [-0.05, 0) is 54.2 Å². The fraction of sp³-hybridized carbons (Fsp3) is 0.0870. The summed E-state index contributed by atoms with van der Waals surface area (Å²) in [6.07, 6.45) is 0. The Morgan fingerprint density at radius 2 is 1.50 bits per heavy atom. The van der Waals surface area contributed by atoms with Crippen LogP contribution in [-0.2, 0) is 11.3 Å². The molecule has 6 nitrogen and oxygen atoms in total. The molecule has 0 spiro atoms. The number of benzene rings is 3. The van der Waals surface area contributed by atoms with Gasteiger partial charge in [-0.1, -0.05) is 42.5 Å². The summed E-state index contributed by atoms with van der Waals surface area (Å²) in [5.74, 6) is -0.252. The summed E-state index contributed by atoms with van der Waals surface area (Å²) in [6, 6.07) is 23.2. The molecular weight excluding hydrogens is 400 g/mol. The van der Waals surface area contributed by atoms with Crippen LogP contribution in [0, 0.1) is 0 Å². The number of thiocarbonyl (C=S) groups is 1. The number of esters is 1. The summed E-state index contributed by atoms with van der Waals surface area (Å²) >= 11 is 5.26. The van der Waals surface area contributed by atoms with Crippen molar-refractivity contribution in [3.05, 3.63) is 95.6 Å². The third-order valence-electron chi connectivity index (χ3n) is 4.17. The van der Waals surface area contributed by atoms with Gasteiger partial charge in [-0.15, -0.1) is 0 Å². The van der Waals surface area contributed by atoms with Crippen LogP contribution in [-0.4, -0.2) is 24.1 Å². The average molecular weight is 420 g/mol. The Morgan fingerprint density at radius 3 is 2.20 bits per heavy atom. The number of nitrogens with one attached hydrogen (secondary N) is 2. The van der Waals surface area contributed by atoms with E-state index in [1.54, 1.807) is 0 Å². The molecule has 0 aliphatic rings. The predicted molar refractivity (Wildman–Crippen MR) is 119 cm³/mol. The van der Waals surface area contributed by atoms with Crippen LogP contribution in [0.3, 0.4) is 0 Å². The SMILES string of the molecule is COC(=O)c1ccc(C(=O)NC(=S)Nc2ccccc2OCc2ccccc2)cc1. The number of hydrogen-bond acceptors (Lipinski definition) is 5. The normalized spacial score (nSPS) is 10.0. The van der Waals surface area contributed by atoms with Crippen molar-refractivity contribution >= 4 is 34.9 Å². The first-order valence-electron chi connectivity index (χ1n) is 9.13. The number of para-hydroxylation sites is 2. The lowest BCUT2D eigenvalue weighted by atomic mass is 10.1. The maximum absolute atomic E-state index is 12.4. The second kappa shape index (κ2) is 10.2. The van der Waals surface area contributed by atoms with Gasteiger partial charge >= 0.3 is 5.97 Å². The molecule has 0 heterocycles. The first kappa shape index (κ1) is 21.0. The molecule has 0 radical (unpaired) electrons. The summed E-state index contributed by atoms with van der Waals surface area (Å²) in [7, 11) is 1.30. The molecule has 0 aliphatic carbocycles. The third kappa shape index (κ3) is 5.65. The Labute approximate surface area is 179 Å². The van der Waals surface area contributed by atoms with Gasteiger partial charge in [-0.3, -0.25) is 10.1 Å². The molecule has 0 aromatic heterocycles. The molecule has 7 heteroatoms. The first-order chi connectivity index (χ1) is 14.6. The van der Waals surface area contributed by atoms with E-state index in [4.69, 9.17) is 17.0 Å². The van der Waals surface area contributed by atoms with E-state index < -0.39 is 11.9 Å². The highest BCUT2D eigenvalue weighted by molar-refractivity contribution is 7.80. The van der Waals surface area contributed by atoms with Crippen molar-refractivity contribution < 1.29 is 19.1 Å². The molecule has 152 valence electrons. The second-order valence-electron chi connectivity index (χ2n) is 6.25. The van der Waals surface area contributed by atoms with Crippen molar-refractivity contribution in [3.8, 4) is 5.75 Å². The lowest BCUT2D eigenvalue weighted by Crippen LogP contribution is -2.34. The van der Waals surface area contributed by atoms with Gasteiger partial charge in [0, 0.05) is 5.56 Å². The quantitative estimate of drug-likeness (QED) is 0.460. The first-order valence-corrected chi connectivity index (χ1v) is 9.54. The summed E-state index contributed by atoms with van der Waals surface area (Å²) in [5.41, 5.74) is 2.40. The zero-order valence-electron chi connectivity index (χ0n) is 16.3. The van der Waals surface area contributed by atoms with Crippen LogP contribution >= 0.6 is 12.2 Å². The van der Waals surface area contributed by atoms with E-state index in [-0.39, 0.29) is 5.11 Å². The van der Waals surface area contributed by atoms with E-state index >= 15 is 0 Å². The molecule has 3 aromatic rings. The van der Waals surface area contributed by atoms with Crippen molar-refractivity contribution in [3.63, 3.8) is 0 Å². The van der Waals surface area contributed by atoms with Crippen LogP contribution in [0.25, 0.3) is 0 Å². The number of methoxy groups -OCH3 is 1. The van der Waals surface area contributed by atoms with Crippen LogP contribution < -0.4 is 15.4 Å². The zero-order chi connectivity index (χ0) is 21.3. The predicted octanol–water partition coefficient (Wildman–Crippen LogP) is 4.18. The number of anilines is 1. The molecule has 3 rings (SSSR count). The lowest BCUT2D eigenvalue weighted by Gasteiger charge is -2.14. The number of hydrogen-bond donors (Lipinski definition) is 2. The van der Waals surface area contributed by atoms with Crippen LogP contribution in [0.4, 0.5) is 5.69 Å². The minimum Gasteiger partial charge on any atom is -0.487 e. The van der Waals surface area contributed by atoms with Crippen molar-refractivity contribution in [2.45, 2.75) is 6.61 Å². The molecule has 0 saturated carbocycles. The monoisotopic (exact) mass is 420 g/mol. The van der Waals surface area contributed by atoms with Crippen molar-refractivity contribution in [1.82, 2.24) is 5.32 Å². The topological polar surface area (TPSA) is 76.7 Å². The van der Waals surface area contributed by atoms with Gasteiger partial charge in [0.1, 0.15) is 12.4 Å². The van der Waals surface area contributed by atoms with E-state index in [0.29, 0.717) is 29.2 Å². The summed E-state index contributed by atoms with van der Waals surface area (Å²) in [6.45, 7) is 0.408. The fourth-order valence-corrected chi connectivity index (χ4v) is 2.84. The minimum atomic E-state index is -0.466. The molecule has 0 saturated heterocycles. The van der Waals surface area contributed by atoms with Gasteiger partial charge in [0.25, 0.3) is 5.91 Å². The number of carbonyl (C=O) groups excluding carboxylic acids is 2. The molecule has 0 fully saturated rings.